The Morgan fingerprint density at radius 3 is 1.76 bits per heavy atom. The molecule has 0 bridgehead atoms. The molecular formula is C21H49NO4Si3. The van der Waals surface area contributed by atoms with Crippen molar-refractivity contribution in [1.82, 2.24) is 4.57 Å². The van der Waals surface area contributed by atoms with Crippen LogP contribution in [0.1, 0.15) is 61.3 Å². The molecule has 0 N–H and O–H groups in total. The van der Waals surface area contributed by atoms with E-state index < -0.39 is 25.1 Å². The lowest BCUT2D eigenvalue weighted by Crippen LogP contribution is -2.57. The number of hydrogen-bond acceptors (Lipinski definition) is 4. The highest BCUT2D eigenvalue weighted by Crippen LogP contribution is 2.42. The van der Waals surface area contributed by atoms with Gasteiger partial charge in [0, 0.05) is 20.3 Å². The number of carbonyl (C=O) groups excluding carboxylic acids is 1. The van der Waals surface area contributed by atoms with Gasteiger partial charge in [0.25, 0.3) is 8.32 Å². The maximum atomic E-state index is 13.4. The Balaban J connectivity index is 5.41. The van der Waals surface area contributed by atoms with Gasteiger partial charge in [-0.2, -0.15) is 0 Å². The maximum Gasteiger partial charge on any atom is 0.388 e. The van der Waals surface area contributed by atoms with Crippen LogP contribution in [0.4, 0.5) is 4.79 Å². The zero-order chi connectivity index (χ0) is 23.0. The van der Waals surface area contributed by atoms with Gasteiger partial charge in [-0.3, -0.25) is 0 Å². The second-order valence-corrected chi connectivity index (χ2v) is 24.0. The lowest BCUT2D eigenvalue weighted by atomic mass is 10.5. The minimum absolute atomic E-state index is 0.0952. The van der Waals surface area contributed by atoms with E-state index in [1.165, 1.54) is 0 Å². The lowest BCUT2D eigenvalue weighted by Gasteiger charge is -2.44. The molecule has 0 spiro atoms. The molecule has 0 aromatic carbocycles. The van der Waals surface area contributed by atoms with E-state index in [4.69, 9.17) is 13.3 Å². The van der Waals surface area contributed by atoms with Gasteiger partial charge in [-0.1, -0.05) is 68.1 Å². The average molecular weight is 464 g/mol. The fourth-order valence-electron chi connectivity index (χ4n) is 4.37. The predicted octanol–water partition coefficient (Wildman–Crippen LogP) is 6.97. The highest BCUT2D eigenvalue weighted by molar-refractivity contribution is 6.80. The molecule has 8 heteroatoms. The van der Waals surface area contributed by atoms with Crippen molar-refractivity contribution < 1.29 is 18.1 Å². The fraction of sp³-hybridized carbons (Fsp3) is 0.952. The van der Waals surface area contributed by atoms with Gasteiger partial charge in [0.15, 0.2) is 8.24 Å². The van der Waals surface area contributed by atoms with Crippen molar-refractivity contribution >= 4 is 31.2 Å². The van der Waals surface area contributed by atoms with Crippen LogP contribution >= 0.6 is 0 Å². The molecule has 29 heavy (non-hydrogen) atoms. The van der Waals surface area contributed by atoms with Gasteiger partial charge in [0.05, 0.1) is 0 Å². The van der Waals surface area contributed by atoms with Gasteiger partial charge in [0.2, 0.25) is 0 Å². The van der Waals surface area contributed by atoms with E-state index in [0.29, 0.717) is 16.6 Å². The predicted molar refractivity (Wildman–Crippen MR) is 132 cm³/mol. The van der Waals surface area contributed by atoms with E-state index >= 15 is 0 Å². The Morgan fingerprint density at radius 1 is 0.931 bits per heavy atom. The molecule has 0 heterocycles. The van der Waals surface area contributed by atoms with Crippen molar-refractivity contribution in [2.75, 3.05) is 20.3 Å². The molecule has 0 radical (unpaired) electrons. The molecule has 1 atom stereocenters. The van der Waals surface area contributed by atoms with Crippen LogP contribution in [0.5, 0.6) is 0 Å². The van der Waals surface area contributed by atoms with Crippen LogP contribution in [0.25, 0.3) is 0 Å². The topological polar surface area (TPSA) is 48.0 Å². The van der Waals surface area contributed by atoms with E-state index in [2.05, 4.69) is 74.7 Å². The monoisotopic (exact) mass is 463 g/mol. The summed E-state index contributed by atoms with van der Waals surface area (Å²) < 4.78 is 20.3. The molecule has 0 aliphatic heterocycles. The minimum Gasteiger partial charge on any atom is -0.503 e. The molecule has 174 valence electrons. The first kappa shape index (κ1) is 28.8. The molecule has 0 fully saturated rings. The first-order chi connectivity index (χ1) is 13.2. The molecule has 1 amide bonds. The summed E-state index contributed by atoms with van der Waals surface area (Å²) in [5, 5.41) is 0. The second-order valence-electron chi connectivity index (χ2n) is 10.3. The quantitative estimate of drug-likeness (QED) is 0.277. The Labute approximate surface area is 184 Å². The number of rotatable bonds is 13. The summed E-state index contributed by atoms with van der Waals surface area (Å²) in [4.78, 5) is 13.4. The third-order valence-electron chi connectivity index (χ3n) is 6.06. The number of amides is 1. The Bertz CT molecular complexity index is 473. The summed E-state index contributed by atoms with van der Waals surface area (Å²) >= 11 is 0. The van der Waals surface area contributed by atoms with Crippen molar-refractivity contribution in [3.8, 4) is 0 Å². The second kappa shape index (κ2) is 12.0. The van der Waals surface area contributed by atoms with Crippen LogP contribution in [0.15, 0.2) is 0 Å². The van der Waals surface area contributed by atoms with E-state index in [9.17, 15) is 4.79 Å². The summed E-state index contributed by atoms with van der Waals surface area (Å²) in [7, 11) is -4.52. The molecule has 0 aromatic heterocycles. The van der Waals surface area contributed by atoms with Crippen molar-refractivity contribution in [1.29, 1.82) is 0 Å². The van der Waals surface area contributed by atoms with Crippen LogP contribution in [-0.2, 0) is 13.3 Å². The fourth-order valence-corrected chi connectivity index (χ4v) is 12.9. The molecule has 0 aliphatic carbocycles. The van der Waals surface area contributed by atoms with E-state index in [1.54, 1.807) is 7.11 Å². The molecular weight excluding hydrogens is 414 g/mol. The van der Waals surface area contributed by atoms with Gasteiger partial charge in [-0.05, 0) is 42.1 Å². The number of carbonyl (C=O) groups is 1. The minimum atomic E-state index is -2.24. The molecule has 0 rings (SSSR count). The van der Waals surface area contributed by atoms with Gasteiger partial charge >= 0.3 is 14.7 Å². The van der Waals surface area contributed by atoms with Gasteiger partial charge in [0.1, 0.15) is 0 Å². The van der Waals surface area contributed by atoms with Crippen molar-refractivity contribution in [2.24, 2.45) is 0 Å². The molecule has 5 nitrogen and oxygen atoms in total. The average Bonchev–Trinajstić information content (AvgIpc) is 2.59. The number of nitrogens with zero attached hydrogens (tertiary/aromatic N) is 1. The van der Waals surface area contributed by atoms with Gasteiger partial charge in [-0.15, -0.1) is 0 Å². The van der Waals surface area contributed by atoms with Crippen molar-refractivity contribution in [3.05, 3.63) is 0 Å². The largest absolute Gasteiger partial charge is 0.503 e. The normalized spacial score (nSPS) is 15.1. The zero-order valence-corrected chi connectivity index (χ0v) is 24.3. The standard InChI is InChI=1S/C21H49NO4Si3/c1-13-16-25-28(12,24-8)17-14-15-22(27(9,10)11)21(23)26-29(18(2)3,19(4)5)20(6)7/h18-20H,13-17H2,1-12H3. The molecule has 1 unspecified atom stereocenters. The molecule has 0 saturated carbocycles. The SMILES string of the molecule is CCCO[Si](C)(CCCN(C(=O)O[Si](C(C)C)(C(C)C)C(C)C)[Si](C)(C)C)OC. The van der Waals surface area contributed by atoms with Crippen LogP contribution < -0.4 is 0 Å². The third kappa shape index (κ3) is 8.12. The van der Waals surface area contributed by atoms with Gasteiger partial charge < -0.3 is 17.8 Å². The van der Waals surface area contributed by atoms with Crippen LogP contribution in [0.2, 0.25) is 48.9 Å². The highest BCUT2D eigenvalue weighted by Gasteiger charge is 2.49. The lowest BCUT2D eigenvalue weighted by molar-refractivity contribution is 0.168. The zero-order valence-electron chi connectivity index (χ0n) is 21.3. The van der Waals surface area contributed by atoms with Crippen LogP contribution in [0, 0.1) is 0 Å². The van der Waals surface area contributed by atoms with E-state index in [1.807, 2.05) is 4.57 Å². The Kier molecular flexibility index (Phi) is 12.0. The Hall–Kier alpha value is -0.159. The first-order valence-electron chi connectivity index (χ1n) is 11.4. The first-order valence-corrected chi connectivity index (χ1v) is 19.5. The molecule has 0 aromatic rings. The van der Waals surface area contributed by atoms with E-state index in [-0.39, 0.29) is 6.09 Å². The maximum absolute atomic E-state index is 13.4. The summed E-state index contributed by atoms with van der Waals surface area (Å²) in [5.74, 6) is 0. The molecule has 0 aliphatic rings. The summed E-state index contributed by atoms with van der Waals surface area (Å²) in [6.07, 6.45) is 1.78. The smallest absolute Gasteiger partial charge is 0.388 e. The highest BCUT2D eigenvalue weighted by atomic mass is 28.4. The van der Waals surface area contributed by atoms with Crippen LogP contribution in [0.3, 0.4) is 0 Å². The summed E-state index contributed by atoms with van der Waals surface area (Å²) in [6.45, 7) is 25.7. The van der Waals surface area contributed by atoms with E-state index in [0.717, 1.165) is 32.0 Å². The van der Waals surface area contributed by atoms with Crippen LogP contribution in [-0.4, -0.2) is 56.0 Å². The van der Waals surface area contributed by atoms with Crippen molar-refractivity contribution in [3.63, 3.8) is 0 Å². The molecule has 0 saturated heterocycles. The Morgan fingerprint density at radius 2 is 1.41 bits per heavy atom. The summed E-state index contributed by atoms with van der Waals surface area (Å²) in [6, 6.07) is 0.888. The van der Waals surface area contributed by atoms with Crippen molar-refractivity contribution in [2.45, 2.75) is 110 Å². The van der Waals surface area contributed by atoms with Gasteiger partial charge in [-0.25, -0.2) is 4.79 Å². The summed E-state index contributed by atoms with van der Waals surface area (Å²) in [5.41, 5.74) is 1.17. The third-order valence-corrected chi connectivity index (χ3v) is 17.0. The number of hydrogen-bond donors (Lipinski definition) is 0.